The number of nitrogens with zero attached hydrogens (tertiary/aromatic N) is 1. The Kier molecular flexibility index (Phi) is 5.09. The van der Waals surface area contributed by atoms with E-state index in [1.54, 1.807) is 31.2 Å². The summed E-state index contributed by atoms with van der Waals surface area (Å²) in [6.07, 6.45) is -0.220. The molecule has 112 valence electrons. The highest BCUT2D eigenvalue weighted by atomic mass is 35.5. The first-order valence-corrected chi connectivity index (χ1v) is 7.11. The lowest BCUT2D eigenvalue weighted by Crippen LogP contribution is -2.32. The summed E-state index contributed by atoms with van der Waals surface area (Å²) in [5, 5.41) is 7.19. The molecule has 1 aromatic carbocycles. The normalized spacial score (nSPS) is 12.0. The number of hydrogen-bond acceptors (Lipinski definition) is 4. The predicted octanol–water partition coefficient (Wildman–Crippen LogP) is 4.09. The van der Waals surface area contributed by atoms with Crippen LogP contribution in [0.3, 0.4) is 0 Å². The van der Waals surface area contributed by atoms with E-state index in [4.69, 9.17) is 32.5 Å². The standard InChI is InChI=1S/C14H14Cl2N2O3/c1-3-11(14(19)17-13-6-8(2)21-18-13)20-12-5-4-9(15)7-10(12)16/h4-7,11H,3H2,1-2H3,(H,17,18,19)/t11-/m0/s1. The van der Waals surface area contributed by atoms with Gasteiger partial charge in [-0.1, -0.05) is 35.3 Å². The number of carbonyl (C=O) groups excluding carboxylic acids is 1. The van der Waals surface area contributed by atoms with Crippen molar-refractivity contribution in [1.29, 1.82) is 0 Å². The highest BCUT2D eigenvalue weighted by Crippen LogP contribution is 2.28. The molecule has 0 saturated heterocycles. The Morgan fingerprint density at radius 3 is 2.76 bits per heavy atom. The first-order valence-electron chi connectivity index (χ1n) is 6.35. The van der Waals surface area contributed by atoms with Gasteiger partial charge < -0.3 is 14.6 Å². The van der Waals surface area contributed by atoms with E-state index in [0.29, 0.717) is 33.8 Å². The van der Waals surface area contributed by atoms with Gasteiger partial charge in [0.2, 0.25) is 0 Å². The largest absolute Gasteiger partial charge is 0.479 e. The maximum Gasteiger partial charge on any atom is 0.266 e. The Balaban J connectivity index is 2.06. The summed E-state index contributed by atoms with van der Waals surface area (Å²) in [6.45, 7) is 3.58. The summed E-state index contributed by atoms with van der Waals surface area (Å²) in [4.78, 5) is 12.1. The fourth-order valence-corrected chi connectivity index (χ4v) is 2.13. The molecule has 21 heavy (non-hydrogen) atoms. The lowest BCUT2D eigenvalue weighted by Gasteiger charge is -2.17. The number of rotatable bonds is 5. The van der Waals surface area contributed by atoms with E-state index in [1.807, 2.05) is 6.92 Å². The number of ether oxygens (including phenoxy) is 1. The maximum absolute atomic E-state index is 12.1. The van der Waals surface area contributed by atoms with Crippen molar-refractivity contribution >= 4 is 34.9 Å². The van der Waals surface area contributed by atoms with Crippen LogP contribution < -0.4 is 10.1 Å². The molecular weight excluding hydrogens is 315 g/mol. The molecule has 0 saturated carbocycles. The fraction of sp³-hybridized carbons (Fsp3) is 0.286. The number of carbonyl (C=O) groups is 1. The molecule has 1 amide bonds. The summed E-state index contributed by atoms with van der Waals surface area (Å²) in [5.74, 6) is 1.04. The van der Waals surface area contributed by atoms with Crippen molar-refractivity contribution in [3.8, 4) is 5.75 Å². The molecular formula is C14H14Cl2N2O3. The summed E-state index contributed by atoms with van der Waals surface area (Å²) in [6, 6.07) is 6.46. The van der Waals surface area contributed by atoms with Crippen LogP contribution in [0.15, 0.2) is 28.8 Å². The van der Waals surface area contributed by atoms with Crippen molar-refractivity contribution in [2.45, 2.75) is 26.4 Å². The van der Waals surface area contributed by atoms with Gasteiger partial charge in [0, 0.05) is 11.1 Å². The molecule has 0 unspecified atom stereocenters. The van der Waals surface area contributed by atoms with Gasteiger partial charge in [0.1, 0.15) is 11.5 Å². The number of hydrogen-bond donors (Lipinski definition) is 1. The Bertz CT molecular complexity index is 643. The molecule has 0 radical (unpaired) electrons. The Morgan fingerprint density at radius 2 is 2.19 bits per heavy atom. The van der Waals surface area contributed by atoms with Crippen molar-refractivity contribution in [3.05, 3.63) is 40.1 Å². The molecule has 0 aliphatic rings. The third-order valence-electron chi connectivity index (χ3n) is 2.71. The zero-order chi connectivity index (χ0) is 15.4. The smallest absolute Gasteiger partial charge is 0.266 e. The molecule has 1 aromatic heterocycles. The molecule has 0 spiro atoms. The SMILES string of the molecule is CC[C@H](Oc1ccc(Cl)cc1Cl)C(=O)Nc1cc(C)on1. The van der Waals surface area contributed by atoms with Crippen LogP contribution in [0.1, 0.15) is 19.1 Å². The molecule has 5 nitrogen and oxygen atoms in total. The minimum Gasteiger partial charge on any atom is -0.479 e. The van der Waals surface area contributed by atoms with Gasteiger partial charge in [-0.3, -0.25) is 4.79 Å². The molecule has 0 fully saturated rings. The zero-order valence-electron chi connectivity index (χ0n) is 11.5. The van der Waals surface area contributed by atoms with Crippen LogP contribution in [0.5, 0.6) is 5.75 Å². The predicted molar refractivity (Wildman–Crippen MR) is 81.0 cm³/mol. The van der Waals surface area contributed by atoms with Crippen LogP contribution in [0.2, 0.25) is 10.0 Å². The topological polar surface area (TPSA) is 64.4 Å². The number of halogens is 2. The van der Waals surface area contributed by atoms with E-state index in [9.17, 15) is 4.79 Å². The average molecular weight is 329 g/mol. The Labute approximate surface area is 132 Å². The molecule has 7 heteroatoms. The van der Waals surface area contributed by atoms with Crippen molar-refractivity contribution < 1.29 is 14.1 Å². The Hall–Kier alpha value is -1.72. The monoisotopic (exact) mass is 328 g/mol. The second-order valence-electron chi connectivity index (χ2n) is 4.40. The molecule has 0 aliphatic heterocycles. The minimum atomic E-state index is -0.694. The van der Waals surface area contributed by atoms with Crippen molar-refractivity contribution in [2.75, 3.05) is 5.32 Å². The van der Waals surface area contributed by atoms with Crippen molar-refractivity contribution in [3.63, 3.8) is 0 Å². The summed E-state index contributed by atoms with van der Waals surface area (Å²) >= 11 is 11.9. The Morgan fingerprint density at radius 1 is 1.43 bits per heavy atom. The highest BCUT2D eigenvalue weighted by Gasteiger charge is 2.20. The van der Waals surface area contributed by atoms with Crippen LogP contribution in [0, 0.1) is 6.92 Å². The highest BCUT2D eigenvalue weighted by molar-refractivity contribution is 6.35. The molecule has 1 heterocycles. The summed E-state index contributed by atoms with van der Waals surface area (Å²) in [7, 11) is 0. The van der Waals surface area contributed by atoms with E-state index >= 15 is 0 Å². The molecule has 2 rings (SSSR count). The van der Waals surface area contributed by atoms with E-state index in [-0.39, 0.29) is 5.91 Å². The van der Waals surface area contributed by atoms with Crippen LogP contribution in [0.25, 0.3) is 0 Å². The molecule has 0 bridgehead atoms. The number of aryl methyl sites for hydroxylation is 1. The molecule has 2 aromatic rings. The lowest BCUT2D eigenvalue weighted by molar-refractivity contribution is -0.122. The van der Waals surface area contributed by atoms with Gasteiger partial charge in [0.15, 0.2) is 11.9 Å². The second kappa shape index (κ2) is 6.83. The van der Waals surface area contributed by atoms with Gasteiger partial charge in [0.25, 0.3) is 5.91 Å². The third kappa shape index (κ3) is 4.12. The van der Waals surface area contributed by atoms with E-state index in [0.717, 1.165) is 0 Å². The number of nitrogens with one attached hydrogen (secondary N) is 1. The fourth-order valence-electron chi connectivity index (χ4n) is 1.68. The first kappa shape index (κ1) is 15.7. The number of amides is 1. The maximum atomic E-state index is 12.1. The average Bonchev–Trinajstić information content (AvgIpc) is 2.83. The van der Waals surface area contributed by atoms with Gasteiger partial charge in [-0.2, -0.15) is 0 Å². The van der Waals surface area contributed by atoms with Gasteiger partial charge >= 0.3 is 0 Å². The van der Waals surface area contributed by atoms with E-state index < -0.39 is 6.10 Å². The zero-order valence-corrected chi connectivity index (χ0v) is 13.0. The summed E-state index contributed by atoms with van der Waals surface area (Å²) in [5.41, 5.74) is 0. The van der Waals surface area contributed by atoms with Crippen molar-refractivity contribution in [2.24, 2.45) is 0 Å². The third-order valence-corrected chi connectivity index (χ3v) is 3.24. The lowest BCUT2D eigenvalue weighted by atomic mass is 10.2. The van der Waals surface area contributed by atoms with Crippen LogP contribution in [0.4, 0.5) is 5.82 Å². The van der Waals surface area contributed by atoms with Crippen LogP contribution in [-0.2, 0) is 4.79 Å². The molecule has 0 aliphatic carbocycles. The number of benzene rings is 1. The van der Waals surface area contributed by atoms with Gasteiger partial charge in [-0.15, -0.1) is 0 Å². The van der Waals surface area contributed by atoms with Gasteiger partial charge in [-0.25, -0.2) is 0 Å². The quantitative estimate of drug-likeness (QED) is 0.897. The molecule has 1 atom stereocenters. The van der Waals surface area contributed by atoms with Crippen molar-refractivity contribution in [1.82, 2.24) is 5.16 Å². The van der Waals surface area contributed by atoms with E-state index in [2.05, 4.69) is 10.5 Å². The first-order chi connectivity index (χ1) is 9.99. The van der Waals surface area contributed by atoms with Crippen LogP contribution >= 0.6 is 23.2 Å². The van der Waals surface area contributed by atoms with Crippen LogP contribution in [-0.4, -0.2) is 17.2 Å². The van der Waals surface area contributed by atoms with Gasteiger partial charge in [0.05, 0.1) is 5.02 Å². The molecule has 1 N–H and O–H groups in total. The van der Waals surface area contributed by atoms with Gasteiger partial charge in [-0.05, 0) is 31.5 Å². The number of anilines is 1. The minimum absolute atomic E-state index is 0.322. The number of aromatic nitrogens is 1. The second-order valence-corrected chi connectivity index (χ2v) is 5.25. The summed E-state index contributed by atoms with van der Waals surface area (Å²) < 4.78 is 10.5. The van der Waals surface area contributed by atoms with E-state index in [1.165, 1.54) is 0 Å².